The average molecular weight is 215 g/mol. The summed E-state index contributed by atoms with van der Waals surface area (Å²) in [4.78, 5) is 14.0. The predicted molar refractivity (Wildman–Crippen MR) is 58.9 cm³/mol. The van der Waals surface area contributed by atoms with E-state index in [1.165, 1.54) is 0 Å². The van der Waals surface area contributed by atoms with Crippen molar-refractivity contribution in [2.75, 3.05) is 6.61 Å². The second kappa shape index (κ2) is 3.37. The van der Waals surface area contributed by atoms with E-state index >= 15 is 0 Å². The molecule has 2 aromatic rings. The number of amides is 1. The summed E-state index contributed by atoms with van der Waals surface area (Å²) in [6, 6.07) is 9.82. The van der Waals surface area contributed by atoms with Crippen LogP contribution in [0.5, 0.6) is 0 Å². The van der Waals surface area contributed by atoms with Gasteiger partial charge in [0.2, 0.25) is 0 Å². The van der Waals surface area contributed by atoms with Gasteiger partial charge in [0.15, 0.2) is 6.61 Å². The van der Waals surface area contributed by atoms with Gasteiger partial charge < -0.3 is 9.72 Å². The summed E-state index contributed by atoms with van der Waals surface area (Å²) >= 11 is 0. The third-order valence-corrected chi connectivity index (χ3v) is 2.38. The molecule has 0 radical (unpaired) electrons. The molecular weight excluding hydrogens is 206 g/mol. The number of hydrazone groups is 1. The third-order valence-electron chi connectivity index (χ3n) is 2.38. The first-order chi connectivity index (χ1) is 7.83. The predicted octanol–water partition coefficient (Wildman–Crippen LogP) is 0.976. The van der Waals surface area contributed by atoms with Crippen molar-refractivity contribution in [3.05, 3.63) is 36.0 Å². The monoisotopic (exact) mass is 215 g/mol. The van der Waals surface area contributed by atoms with E-state index in [9.17, 15) is 4.79 Å². The van der Waals surface area contributed by atoms with Crippen LogP contribution in [0.25, 0.3) is 10.9 Å². The van der Waals surface area contributed by atoms with Crippen molar-refractivity contribution in [2.24, 2.45) is 5.10 Å². The molecule has 0 bridgehead atoms. The molecule has 0 aliphatic carbocycles. The van der Waals surface area contributed by atoms with Crippen LogP contribution in [0.15, 0.2) is 35.4 Å². The minimum Gasteiger partial charge on any atom is -0.465 e. The summed E-state index contributed by atoms with van der Waals surface area (Å²) in [5, 5.41) is 4.92. The maximum absolute atomic E-state index is 10.9. The van der Waals surface area contributed by atoms with Crippen molar-refractivity contribution < 1.29 is 9.53 Å². The van der Waals surface area contributed by atoms with E-state index in [-0.39, 0.29) is 12.5 Å². The lowest BCUT2D eigenvalue weighted by molar-refractivity contribution is -0.124. The van der Waals surface area contributed by atoms with Gasteiger partial charge in [0.05, 0.1) is 0 Å². The second-order valence-corrected chi connectivity index (χ2v) is 3.51. The van der Waals surface area contributed by atoms with Gasteiger partial charge in [0, 0.05) is 10.9 Å². The number of rotatable bonds is 1. The number of H-pyrrole nitrogens is 1. The smallest absolute Gasteiger partial charge is 0.278 e. The molecule has 5 heteroatoms. The summed E-state index contributed by atoms with van der Waals surface area (Å²) in [7, 11) is 0. The highest BCUT2D eigenvalue weighted by atomic mass is 16.5. The number of carbonyl (C=O) groups is 1. The Morgan fingerprint density at radius 3 is 2.94 bits per heavy atom. The molecule has 2 N–H and O–H groups in total. The molecule has 0 unspecified atom stereocenters. The largest absolute Gasteiger partial charge is 0.465 e. The summed E-state index contributed by atoms with van der Waals surface area (Å²) in [5.41, 5.74) is 4.16. The van der Waals surface area contributed by atoms with E-state index in [4.69, 9.17) is 4.74 Å². The first kappa shape index (κ1) is 8.96. The molecule has 1 aliphatic heterocycles. The number of hydrogen-bond donors (Lipinski definition) is 2. The Hall–Kier alpha value is -2.30. The first-order valence-corrected chi connectivity index (χ1v) is 4.90. The Labute approximate surface area is 91.1 Å². The van der Waals surface area contributed by atoms with Gasteiger partial charge in [-0.15, -0.1) is 5.10 Å². The number of ether oxygens (including phenoxy) is 1. The Bertz CT molecular complexity index is 553. The molecular formula is C11H9N3O2. The number of nitrogens with zero attached hydrogens (tertiary/aromatic N) is 1. The molecule has 0 saturated heterocycles. The van der Waals surface area contributed by atoms with Gasteiger partial charge in [0.25, 0.3) is 11.8 Å². The van der Waals surface area contributed by atoms with Crippen molar-refractivity contribution in [1.82, 2.24) is 10.4 Å². The summed E-state index contributed by atoms with van der Waals surface area (Å²) < 4.78 is 5.21. The van der Waals surface area contributed by atoms with E-state index in [2.05, 4.69) is 15.5 Å². The fourth-order valence-electron chi connectivity index (χ4n) is 1.64. The van der Waals surface area contributed by atoms with E-state index in [0.717, 1.165) is 16.6 Å². The minimum absolute atomic E-state index is 0.00813. The zero-order valence-electron chi connectivity index (χ0n) is 8.36. The van der Waals surface area contributed by atoms with Crippen LogP contribution in [0.3, 0.4) is 0 Å². The number of nitrogens with one attached hydrogen (secondary N) is 2. The van der Waals surface area contributed by atoms with E-state index in [0.29, 0.717) is 5.90 Å². The van der Waals surface area contributed by atoms with Gasteiger partial charge in [0.1, 0.15) is 5.69 Å². The van der Waals surface area contributed by atoms with Crippen molar-refractivity contribution >= 4 is 22.7 Å². The average Bonchev–Trinajstić information content (AvgIpc) is 2.73. The van der Waals surface area contributed by atoms with Crippen molar-refractivity contribution in [3.8, 4) is 0 Å². The van der Waals surface area contributed by atoms with E-state index in [1.54, 1.807) is 0 Å². The van der Waals surface area contributed by atoms with Crippen molar-refractivity contribution in [3.63, 3.8) is 0 Å². The fraction of sp³-hybridized carbons (Fsp3) is 0.0909. The molecule has 0 atom stereocenters. The molecule has 1 aromatic heterocycles. The standard InChI is InChI=1S/C11H9N3O2/c15-10-6-16-11(14-13-10)9-5-7-3-1-2-4-8(7)12-9/h1-5,12H,6H2,(H,13,15). The van der Waals surface area contributed by atoms with Crippen LogP contribution in [0.2, 0.25) is 0 Å². The SMILES string of the molecule is O=C1COC(c2cc3ccccc3[nH]2)=NN1. The minimum atomic E-state index is -0.236. The Balaban J connectivity index is 2.03. The van der Waals surface area contributed by atoms with Crippen LogP contribution in [-0.4, -0.2) is 23.4 Å². The van der Waals surface area contributed by atoms with E-state index < -0.39 is 0 Å². The lowest BCUT2D eigenvalue weighted by Gasteiger charge is -2.11. The van der Waals surface area contributed by atoms with Gasteiger partial charge in [-0.1, -0.05) is 18.2 Å². The fourth-order valence-corrected chi connectivity index (χ4v) is 1.64. The molecule has 1 amide bonds. The van der Waals surface area contributed by atoms with Crippen LogP contribution in [0.1, 0.15) is 5.69 Å². The molecule has 5 nitrogen and oxygen atoms in total. The van der Waals surface area contributed by atoms with Crippen LogP contribution >= 0.6 is 0 Å². The third kappa shape index (κ3) is 1.42. The number of aromatic nitrogens is 1. The molecule has 1 aliphatic rings. The molecule has 2 heterocycles. The van der Waals surface area contributed by atoms with Crippen LogP contribution < -0.4 is 5.43 Å². The number of benzene rings is 1. The quantitative estimate of drug-likeness (QED) is 0.744. The van der Waals surface area contributed by atoms with Gasteiger partial charge in [-0.2, -0.15) is 0 Å². The van der Waals surface area contributed by atoms with Gasteiger partial charge in [-0.05, 0) is 12.1 Å². The number of para-hydroxylation sites is 1. The lowest BCUT2D eigenvalue weighted by Crippen LogP contribution is -2.32. The zero-order valence-corrected chi connectivity index (χ0v) is 8.36. The highest BCUT2D eigenvalue weighted by Crippen LogP contribution is 2.15. The molecule has 0 saturated carbocycles. The maximum atomic E-state index is 10.9. The lowest BCUT2D eigenvalue weighted by atomic mass is 10.2. The maximum Gasteiger partial charge on any atom is 0.278 e. The van der Waals surface area contributed by atoms with Crippen molar-refractivity contribution in [1.29, 1.82) is 0 Å². The molecule has 80 valence electrons. The molecule has 3 rings (SSSR count). The van der Waals surface area contributed by atoms with Crippen molar-refractivity contribution in [2.45, 2.75) is 0 Å². The van der Waals surface area contributed by atoms with Gasteiger partial charge in [-0.3, -0.25) is 4.79 Å². The van der Waals surface area contributed by atoms with Gasteiger partial charge in [-0.25, -0.2) is 5.43 Å². The molecule has 16 heavy (non-hydrogen) atoms. The molecule has 0 fully saturated rings. The number of carbonyl (C=O) groups excluding carboxylic acids is 1. The zero-order chi connectivity index (χ0) is 11.0. The Morgan fingerprint density at radius 1 is 1.31 bits per heavy atom. The number of aromatic amines is 1. The first-order valence-electron chi connectivity index (χ1n) is 4.90. The summed E-state index contributed by atoms with van der Waals surface area (Å²) in [6.07, 6.45) is 0. The van der Waals surface area contributed by atoms with Crippen LogP contribution in [0.4, 0.5) is 0 Å². The van der Waals surface area contributed by atoms with Gasteiger partial charge >= 0.3 is 0 Å². The Morgan fingerprint density at radius 2 is 2.19 bits per heavy atom. The molecule has 1 aromatic carbocycles. The van der Waals surface area contributed by atoms with E-state index in [1.807, 2.05) is 30.3 Å². The molecule has 0 spiro atoms. The highest BCUT2D eigenvalue weighted by molar-refractivity contribution is 6.00. The summed E-state index contributed by atoms with van der Waals surface area (Å²) in [6.45, 7) is 0.00813. The van der Waals surface area contributed by atoms with Crippen LogP contribution in [0, 0.1) is 0 Å². The second-order valence-electron chi connectivity index (χ2n) is 3.51. The highest BCUT2D eigenvalue weighted by Gasteiger charge is 2.15. The normalized spacial score (nSPS) is 15.5. The number of fused-ring (bicyclic) bond motifs is 1. The summed E-state index contributed by atoms with van der Waals surface area (Å²) in [5.74, 6) is 0.177. The number of hydrogen-bond acceptors (Lipinski definition) is 3. The van der Waals surface area contributed by atoms with Crippen LogP contribution in [-0.2, 0) is 9.53 Å². The Kier molecular flexibility index (Phi) is 1.89. The topological polar surface area (TPSA) is 66.5 Å².